The molecule has 0 unspecified atom stereocenters. The van der Waals surface area contributed by atoms with Crippen LogP contribution in [0, 0.1) is 5.41 Å². The molecule has 1 saturated carbocycles. The maximum Gasteiger partial charge on any atom is 0.311 e. The van der Waals surface area contributed by atoms with Crippen molar-refractivity contribution >= 4 is 17.6 Å². The van der Waals surface area contributed by atoms with Crippen LogP contribution in [0.4, 0.5) is 5.69 Å². The predicted molar refractivity (Wildman–Crippen MR) is 62.5 cm³/mol. The van der Waals surface area contributed by atoms with Crippen molar-refractivity contribution in [3.8, 4) is 0 Å². The van der Waals surface area contributed by atoms with E-state index < -0.39 is 11.4 Å². The fourth-order valence-electron chi connectivity index (χ4n) is 1.60. The number of carboxylic acid groups (broad SMARTS) is 1. The summed E-state index contributed by atoms with van der Waals surface area (Å²) in [5.41, 5.74) is 5.85. The molecule has 1 aromatic carbocycles. The number of carbonyl (C=O) groups excluding carboxylic acids is 1. The number of nitrogen functional groups attached to an aromatic ring is 1. The van der Waals surface area contributed by atoms with Gasteiger partial charge in [0, 0.05) is 17.8 Å². The first kappa shape index (κ1) is 11.4. The minimum absolute atomic E-state index is 0.186. The zero-order valence-electron chi connectivity index (χ0n) is 9.27. The molecule has 0 aromatic heterocycles. The van der Waals surface area contributed by atoms with Gasteiger partial charge in [0.25, 0.3) is 5.91 Å². The third-order valence-corrected chi connectivity index (χ3v) is 3.07. The van der Waals surface area contributed by atoms with Gasteiger partial charge in [0.15, 0.2) is 0 Å². The second-order valence-corrected chi connectivity index (χ2v) is 4.39. The quantitative estimate of drug-likeness (QED) is 0.674. The lowest BCUT2D eigenvalue weighted by molar-refractivity contribution is -0.143. The number of rotatable bonds is 4. The maximum atomic E-state index is 11.7. The van der Waals surface area contributed by atoms with E-state index in [0.717, 1.165) is 0 Å². The number of anilines is 1. The molecule has 0 spiro atoms. The topological polar surface area (TPSA) is 92.4 Å². The van der Waals surface area contributed by atoms with Gasteiger partial charge >= 0.3 is 5.97 Å². The molecular formula is C12H14N2O3. The Balaban J connectivity index is 1.94. The minimum Gasteiger partial charge on any atom is -0.481 e. The Morgan fingerprint density at radius 2 is 1.88 bits per heavy atom. The largest absolute Gasteiger partial charge is 0.481 e. The second kappa shape index (κ2) is 4.08. The zero-order chi connectivity index (χ0) is 12.5. The standard InChI is InChI=1S/C12H14N2O3/c13-9-3-1-8(2-4-9)10(15)14-7-12(5-6-12)11(16)17/h1-4H,5-7,13H2,(H,14,15)(H,16,17). The monoisotopic (exact) mass is 234 g/mol. The summed E-state index contributed by atoms with van der Waals surface area (Å²) in [6, 6.07) is 6.51. The molecule has 1 aliphatic rings. The van der Waals surface area contributed by atoms with Crippen molar-refractivity contribution in [2.24, 2.45) is 5.41 Å². The summed E-state index contributed by atoms with van der Waals surface area (Å²) < 4.78 is 0. The Hall–Kier alpha value is -2.04. The second-order valence-electron chi connectivity index (χ2n) is 4.39. The van der Waals surface area contributed by atoms with Crippen LogP contribution in [0.2, 0.25) is 0 Å². The molecule has 0 bridgehead atoms. The molecule has 0 atom stereocenters. The van der Waals surface area contributed by atoms with Gasteiger partial charge < -0.3 is 16.2 Å². The Morgan fingerprint density at radius 1 is 1.29 bits per heavy atom. The van der Waals surface area contributed by atoms with Crippen molar-refractivity contribution in [3.05, 3.63) is 29.8 Å². The molecule has 1 aromatic rings. The van der Waals surface area contributed by atoms with Crippen LogP contribution in [0.3, 0.4) is 0 Å². The van der Waals surface area contributed by atoms with E-state index in [2.05, 4.69) is 5.32 Å². The van der Waals surface area contributed by atoms with Gasteiger partial charge in [-0.1, -0.05) is 0 Å². The SMILES string of the molecule is Nc1ccc(C(=O)NCC2(C(=O)O)CC2)cc1. The van der Waals surface area contributed by atoms with Crippen LogP contribution >= 0.6 is 0 Å². The molecule has 1 amide bonds. The smallest absolute Gasteiger partial charge is 0.311 e. The molecule has 1 aliphatic carbocycles. The molecular weight excluding hydrogens is 220 g/mol. The van der Waals surface area contributed by atoms with Gasteiger partial charge in [-0.05, 0) is 37.1 Å². The molecule has 90 valence electrons. The van der Waals surface area contributed by atoms with E-state index in [4.69, 9.17) is 10.8 Å². The number of aliphatic carboxylic acids is 1. The molecule has 5 nitrogen and oxygen atoms in total. The number of nitrogens with one attached hydrogen (secondary N) is 1. The lowest BCUT2D eigenvalue weighted by Crippen LogP contribution is -2.34. The highest BCUT2D eigenvalue weighted by Crippen LogP contribution is 2.45. The van der Waals surface area contributed by atoms with E-state index in [9.17, 15) is 9.59 Å². The van der Waals surface area contributed by atoms with Crippen LogP contribution in [0.5, 0.6) is 0 Å². The van der Waals surface area contributed by atoms with E-state index in [1.807, 2.05) is 0 Å². The normalized spacial score (nSPS) is 16.2. The third-order valence-electron chi connectivity index (χ3n) is 3.07. The van der Waals surface area contributed by atoms with Crippen LogP contribution in [0.1, 0.15) is 23.2 Å². The summed E-state index contributed by atoms with van der Waals surface area (Å²) in [5, 5.41) is 11.6. The van der Waals surface area contributed by atoms with E-state index in [1.165, 1.54) is 0 Å². The van der Waals surface area contributed by atoms with Crippen molar-refractivity contribution in [1.29, 1.82) is 0 Å². The molecule has 0 aliphatic heterocycles. The molecule has 1 fully saturated rings. The highest BCUT2D eigenvalue weighted by atomic mass is 16.4. The maximum absolute atomic E-state index is 11.7. The number of hydrogen-bond donors (Lipinski definition) is 3. The highest BCUT2D eigenvalue weighted by molar-refractivity contribution is 5.95. The van der Waals surface area contributed by atoms with Crippen molar-refractivity contribution in [3.63, 3.8) is 0 Å². The number of hydrogen-bond acceptors (Lipinski definition) is 3. The number of benzene rings is 1. The summed E-state index contributed by atoms with van der Waals surface area (Å²) >= 11 is 0. The molecule has 2 rings (SSSR count). The molecule has 17 heavy (non-hydrogen) atoms. The van der Waals surface area contributed by atoms with Crippen LogP contribution in [-0.2, 0) is 4.79 Å². The number of carbonyl (C=O) groups is 2. The fraction of sp³-hybridized carbons (Fsp3) is 0.333. The Bertz CT molecular complexity index is 449. The van der Waals surface area contributed by atoms with Crippen LogP contribution in [0.25, 0.3) is 0 Å². The lowest BCUT2D eigenvalue weighted by Gasteiger charge is -2.11. The van der Waals surface area contributed by atoms with Gasteiger partial charge in [0.05, 0.1) is 5.41 Å². The average molecular weight is 234 g/mol. The first-order valence-corrected chi connectivity index (χ1v) is 5.41. The minimum atomic E-state index is -0.838. The van der Waals surface area contributed by atoms with Gasteiger partial charge in [-0.3, -0.25) is 9.59 Å². The van der Waals surface area contributed by atoms with Gasteiger partial charge in [-0.2, -0.15) is 0 Å². The van der Waals surface area contributed by atoms with Crippen LogP contribution in [0.15, 0.2) is 24.3 Å². The fourth-order valence-corrected chi connectivity index (χ4v) is 1.60. The van der Waals surface area contributed by atoms with Crippen LogP contribution < -0.4 is 11.1 Å². The van der Waals surface area contributed by atoms with Gasteiger partial charge in [-0.25, -0.2) is 0 Å². The molecule has 0 saturated heterocycles. The summed E-state index contributed by atoms with van der Waals surface area (Å²) in [7, 11) is 0. The summed E-state index contributed by atoms with van der Waals surface area (Å²) in [4.78, 5) is 22.6. The van der Waals surface area contributed by atoms with E-state index in [-0.39, 0.29) is 12.5 Å². The average Bonchev–Trinajstić information content (AvgIpc) is 3.08. The summed E-state index contributed by atoms with van der Waals surface area (Å²) in [6.45, 7) is 0.186. The summed E-state index contributed by atoms with van der Waals surface area (Å²) in [5.74, 6) is -1.10. The van der Waals surface area contributed by atoms with Crippen LogP contribution in [-0.4, -0.2) is 23.5 Å². The number of nitrogens with two attached hydrogens (primary N) is 1. The molecule has 4 N–H and O–H groups in total. The van der Waals surface area contributed by atoms with Gasteiger partial charge in [0.2, 0.25) is 0 Å². The van der Waals surface area contributed by atoms with Crippen molar-refractivity contribution < 1.29 is 14.7 Å². The Labute approximate surface area is 98.6 Å². The third kappa shape index (κ3) is 2.38. The summed E-state index contributed by atoms with van der Waals surface area (Å²) in [6.07, 6.45) is 1.26. The van der Waals surface area contributed by atoms with E-state index in [1.54, 1.807) is 24.3 Å². The first-order valence-electron chi connectivity index (χ1n) is 5.41. The molecule has 5 heteroatoms. The zero-order valence-corrected chi connectivity index (χ0v) is 9.27. The Kier molecular flexibility index (Phi) is 2.75. The lowest BCUT2D eigenvalue weighted by atomic mass is 10.1. The number of carboxylic acids is 1. The molecule has 0 radical (unpaired) electrons. The van der Waals surface area contributed by atoms with Gasteiger partial charge in [0.1, 0.15) is 0 Å². The first-order chi connectivity index (χ1) is 8.03. The predicted octanol–water partition coefficient (Wildman–Crippen LogP) is 0.863. The van der Waals surface area contributed by atoms with Crippen molar-refractivity contribution in [2.45, 2.75) is 12.8 Å². The van der Waals surface area contributed by atoms with Crippen molar-refractivity contribution in [1.82, 2.24) is 5.32 Å². The van der Waals surface area contributed by atoms with E-state index >= 15 is 0 Å². The van der Waals surface area contributed by atoms with Gasteiger partial charge in [-0.15, -0.1) is 0 Å². The Morgan fingerprint density at radius 3 is 2.35 bits per heavy atom. The highest BCUT2D eigenvalue weighted by Gasteiger charge is 2.50. The van der Waals surface area contributed by atoms with E-state index in [0.29, 0.717) is 24.1 Å². The number of amides is 1. The van der Waals surface area contributed by atoms with Crippen molar-refractivity contribution in [2.75, 3.05) is 12.3 Å². The molecule has 0 heterocycles.